The van der Waals surface area contributed by atoms with Crippen LogP contribution < -0.4 is 20.5 Å². The summed E-state index contributed by atoms with van der Waals surface area (Å²) in [5, 5.41) is 2.82. The molecular formula is C15H23ClN2O3. The number of halogens is 1. The number of hydrogen-bond acceptors (Lipinski definition) is 4. The van der Waals surface area contributed by atoms with E-state index in [1.807, 2.05) is 32.9 Å². The van der Waals surface area contributed by atoms with Gasteiger partial charge >= 0.3 is 0 Å². The van der Waals surface area contributed by atoms with Gasteiger partial charge in [-0.05, 0) is 26.3 Å². The van der Waals surface area contributed by atoms with Gasteiger partial charge in [-0.3, -0.25) is 4.79 Å². The molecule has 1 unspecified atom stereocenters. The number of nitrogens with one attached hydrogen (secondary N) is 1. The van der Waals surface area contributed by atoms with Crippen LogP contribution in [0, 0.1) is 0 Å². The molecule has 2 atom stereocenters. The Morgan fingerprint density at radius 3 is 2.86 bits per heavy atom. The maximum absolute atomic E-state index is 11.9. The van der Waals surface area contributed by atoms with Crippen LogP contribution in [0.4, 0.5) is 5.69 Å². The van der Waals surface area contributed by atoms with E-state index in [0.29, 0.717) is 24.5 Å². The molecule has 1 aliphatic heterocycles. The van der Waals surface area contributed by atoms with Crippen LogP contribution in [-0.2, 0) is 11.2 Å². The molecule has 0 radical (unpaired) electrons. The molecule has 1 aromatic rings. The van der Waals surface area contributed by atoms with Crippen LogP contribution in [0.5, 0.6) is 11.5 Å². The van der Waals surface area contributed by atoms with Gasteiger partial charge < -0.3 is 20.5 Å². The summed E-state index contributed by atoms with van der Waals surface area (Å²) >= 11 is 0. The van der Waals surface area contributed by atoms with E-state index in [4.69, 9.17) is 15.2 Å². The number of anilines is 1. The molecule has 6 heteroatoms. The van der Waals surface area contributed by atoms with Gasteiger partial charge in [0.05, 0.1) is 18.3 Å². The topological polar surface area (TPSA) is 73.6 Å². The highest BCUT2D eigenvalue weighted by atomic mass is 35.5. The lowest BCUT2D eigenvalue weighted by Crippen LogP contribution is -2.34. The minimum absolute atomic E-state index is 0. The second-order valence-electron chi connectivity index (χ2n) is 5.03. The SMILES string of the molecule is CCOc1cc2c(cc1NC(=O)[C@@H](N)CC)OC(C)C2.Cl. The monoisotopic (exact) mass is 314 g/mol. The Kier molecular flexibility index (Phi) is 6.30. The molecule has 0 saturated carbocycles. The van der Waals surface area contributed by atoms with Crippen molar-refractivity contribution in [2.45, 2.75) is 45.8 Å². The number of benzene rings is 1. The second kappa shape index (κ2) is 7.52. The van der Waals surface area contributed by atoms with E-state index in [-0.39, 0.29) is 24.4 Å². The minimum Gasteiger partial charge on any atom is -0.492 e. The Morgan fingerprint density at radius 2 is 2.24 bits per heavy atom. The Bertz CT molecular complexity index is 508. The van der Waals surface area contributed by atoms with Crippen molar-refractivity contribution in [2.24, 2.45) is 5.73 Å². The van der Waals surface area contributed by atoms with E-state index in [9.17, 15) is 4.79 Å². The first-order valence-electron chi connectivity index (χ1n) is 7.08. The van der Waals surface area contributed by atoms with Crippen LogP contribution in [0.15, 0.2) is 12.1 Å². The summed E-state index contributed by atoms with van der Waals surface area (Å²) in [7, 11) is 0. The molecule has 0 saturated heterocycles. The molecule has 1 amide bonds. The summed E-state index contributed by atoms with van der Waals surface area (Å²) in [6, 6.07) is 3.25. The predicted octanol–water partition coefficient (Wildman–Crippen LogP) is 2.51. The van der Waals surface area contributed by atoms with Gasteiger partial charge in [-0.2, -0.15) is 0 Å². The largest absolute Gasteiger partial charge is 0.492 e. The Morgan fingerprint density at radius 1 is 1.52 bits per heavy atom. The van der Waals surface area contributed by atoms with Crippen molar-refractivity contribution in [1.29, 1.82) is 0 Å². The highest BCUT2D eigenvalue weighted by Crippen LogP contribution is 2.38. The van der Waals surface area contributed by atoms with Crippen LogP contribution in [0.3, 0.4) is 0 Å². The molecule has 0 fully saturated rings. The van der Waals surface area contributed by atoms with Crippen molar-refractivity contribution < 1.29 is 14.3 Å². The maximum Gasteiger partial charge on any atom is 0.241 e. The van der Waals surface area contributed by atoms with Crippen LogP contribution in [0.2, 0.25) is 0 Å². The van der Waals surface area contributed by atoms with E-state index >= 15 is 0 Å². The van der Waals surface area contributed by atoms with Crippen molar-refractivity contribution >= 4 is 24.0 Å². The molecule has 0 aliphatic carbocycles. The number of ether oxygens (including phenoxy) is 2. The summed E-state index contributed by atoms with van der Waals surface area (Å²) in [6.07, 6.45) is 1.61. The summed E-state index contributed by atoms with van der Waals surface area (Å²) in [5.41, 5.74) is 7.47. The van der Waals surface area contributed by atoms with E-state index in [0.717, 1.165) is 17.7 Å². The van der Waals surface area contributed by atoms with Gasteiger partial charge in [-0.1, -0.05) is 6.92 Å². The zero-order valence-electron chi connectivity index (χ0n) is 12.6. The van der Waals surface area contributed by atoms with E-state index in [1.165, 1.54) is 0 Å². The van der Waals surface area contributed by atoms with Crippen molar-refractivity contribution in [1.82, 2.24) is 0 Å². The maximum atomic E-state index is 11.9. The van der Waals surface area contributed by atoms with Gasteiger partial charge in [0, 0.05) is 18.1 Å². The molecule has 1 aliphatic rings. The summed E-state index contributed by atoms with van der Waals surface area (Å²) < 4.78 is 11.3. The molecule has 1 heterocycles. The molecule has 21 heavy (non-hydrogen) atoms. The molecule has 0 spiro atoms. The lowest BCUT2D eigenvalue weighted by molar-refractivity contribution is -0.117. The highest BCUT2D eigenvalue weighted by molar-refractivity contribution is 5.96. The number of rotatable bonds is 5. The van der Waals surface area contributed by atoms with Crippen LogP contribution in [-0.4, -0.2) is 24.7 Å². The third-order valence-corrected chi connectivity index (χ3v) is 3.33. The molecule has 118 valence electrons. The number of fused-ring (bicyclic) bond motifs is 1. The molecule has 5 nitrogen and oxygen atoms in total. The summed E-state index contributed by atoms with van der Waals surface area (Å²) in [4.78, 5) is 11.9. The first-order chi connectivity index (χ1) is 9.55. The molecule has 0 aromatic heterocycles. The summed E-state index contributed by atoms with van der Waals surface area (Å²) in [5.74, 6) is 1.27. The number of carbonyl (C=O) groups is 1. The fraction of sp³-hybridized carbons (Fsp3) is 0.533. The van der Waals surface area contributed by atoms with E-state index in [1.54, 1.807) is 0 Å². The Hall–Kier alpha value is -1.46. The fourth-order valence-electron chi connectivity index (χ4n) is 2.22. The molecule has 0 bridgehead atoms. The third kappa shape index (κ3) is 4.02. The van der Waals surface area contributed by atoms with E-state index < -0.39 is 6.04 Å². The fourth-order valence-corrected chi connectivity index (χ4v) is 2.22. The lowest BCUT2D eigenvalue weighted by Gasteiger charge is -2.15. The minimum atomic E-state index is -0.516. The zero-order valence-corrected chi connectivity index (χ0v) is 13.5. The van der Waals surface area contributed by atoms with Crippen molar-refractivity contribution in [3.8, 4) is 11.5 Å². The number of amides is 1. The first kappa shape index (κ1) is 17.6. The van der Waals surface area contributed by atoms with Crippen LogP contribution in [0.25, 0.3) is 0 Å². The van der Waals surface area contributed by atoms with Crippen LogP contribution in [0.1, 0.15) is 32.8 Å². The average molecular weight is 315 g/mol. The lowest BCUT2D eigenvalue weighted by atomic mass is 10.1. The number of hydrogen-bond donors (Lipinski definition) is 2. The second-order valence-corrected chi connectivity index (χ2v) is 5.03. The van der Waals surface area contributed by atoms with Gasteiger partial charge in [0.1, 0.15) is 17.6 Å². The Balaban J connectivity index is 0.00000220. The average Bonchev–Trinajstić information content (AvgIpc) is 2.77. The van der Waals surface area contributed by atoms with Gasteiger partial charge in [-0.15, -0.1) is 12.4 Å². The van der Waals surface area contributed by atoms with Gasteiger partial charge in [0.15, 0.2) is 0 Å². The molecule has 2 rings (SSSR count). The van der Waals surface area contributed by atoms with Crippen molar-refractivity contribution in [3.05, 3.63) is 17.7 Å². The molecular weight excluding hydrogens is 292 g/mol. The standard InChI is InChI=1S/C15H22N2O3.ClH/c1-4-11(16)15(18)17-12-8-13-10(6-9(3)20-13)7-14(12)19-5-2;/h7-9,11H,4-6,16H2,1-3H3,(H,17,18);1H/t9?,11-;/m0./s1. The van der Waals surface area contributed by atoms with Crippen molar-refractivity contribution in [2.75, 3.05) is 11.9 Å². The quantitative estimate of drug-likeness (QED) is 0.876. The number of nitrogens with two attached hydrogens (primary N) is 1. The molecule has 3 N–H and O–H groups in total. The highest BCUT2D eigenvalue weighted by Gasteiger charge is 2.23. The third-order valence-electron chi connectivity index (χ3n) is 3.33. The number of carbonyl (C=O) groups excluding carboxylic acids is 1. The van der Waals surface area contributed by atoms with Crippen molar-refractivity contribution in [3.63, 3.8) is 0 Å². The van der Waals surface area contributed by atoms with Gasteiger partial charge in [0.25, 0.3) is 0 Å². The smallest absolute Gasteiger partial charge is 0.241 e. The van der Waals surface area contributed by atoms with Gasteiger partial charge in [-0.25, -0.2) is 0 Å². The van der Waals surface area contributed by atoms with Crippen LogP contribution >= 0.6 is 12.4 Å². The molecule has 1 aromatic carbocycles. The van der Waals surface area contributed by atoms with Gasteiger partial charge in [0.2, 0.25) is 5.91 Å². The predicted molar refractivity (Wildman–Crippen MR) is 85.5 cm³/mol. The summed E-state index contributed by atoms with van der Waals surface area (Å²) in [6.45, 7) is 6.35. The normalized spacial score (nSPS) is 17.2. The zero-order chi connectivity index (χ0) is 14.7. The first-order valence-corrected chi connectivity index (χ1v) is 7.08. The van der Waals surface area contributed by atoms with E-state index in [2.05, 4.69) is 5.32 Å². The Labute approximate surface area is 131 Å².